The first kappa shape index (κ1) is 15.2. The van der Waals surface area contributed by atoms with Crippen LogP contribution >= 0.6 is 0 Å². The van der Waals surface area contributed by atoms with Crippen molar-refractivity contribution in [2.75, 3.05) is 26.2 Å². The molecule has 2 heterocycles. The molecule has 0 atom stereocenters. The van der Waals surface area contributed by atoms with E-state index in [1.807, 2.05) is 6.07 Å². The summed E-state index contributed by atoms with van der Waals surface area (Å²) in [5.41, 5.74) is 11.6. The highest BCUT2D eigenvalue weighted by Crippen LogP contribution is 2.26. The quantitative estimate of drug-likeness (QED) is 0.905. The number of piperazine rings is 1. The van der Waals surface area contributed by atoms with Gasteiger partial charge in [-0.3, -0.25) is 9.88 Å². The van der Waals surface area contributed by atoms with E-state index in [0.29, 0.717) is 6.54 Å². The highest BCUT2D eigenvalue weighted by atomic mass is 15.2. The summed E-state index contributed by atoms with van der Waals surface area (Å²) in [6, 6.07) is 12.6. The molecular formula is C18H24N4. The lowest BCUT2D eigenvalue weighted by atomic mass is 9.98. The standard InChI is InChI=1S/C18H24N4/c1-14-17(18-5-3-2-4-15(18)12-19)7-6-16(21-14)13-22-10-8-20-9-11-22/h2-7,20H,8-13,19H2,1H3. The first-order chi connectivity index (χ1) is 10.8. The molecule has 0 saturated carbocycles. The number of pyridine rings is 1. The van der Waals surface area contributed by atoms with Crippen LogP contribution in [0.15, 0.2) is 36.4 Å². The molecule has 1 saturated heterocycles. The van der Waals surface area contributed by atoms with E-state index in [0.717, 1.165) is 44.1 Å². The summed E-state index contributed by atoms with van der Waals surface area (Å²) < 4.78 is 0. The summed E-state index contributed by atoms with van der Waals surface area (Å²) in [4.78, 5) is 7.27. The number of hydrogen-bond donors (Lipinski definition) is 2. The van der Waals surface area contributed by atoms with Gasteiger partial charge in [-0.25, -0.2) is 0 Å². The second kappa shape index (κ2) is 7.01. The molecule has 4 nitrogen and oxygen atoms in total. The molecular weight excluding hydrogens is 272 g/mol. The van der Waals surface area contributed by atoms with Crippen molar-refractivity contribution in [3.63, 3.8) is 0 Å². The fourth-order valence-electron chi connectivity index (χ4n) is 3.05. The van der Waals surface area contributed by atoms with Crippen LogP contribution in [0.5, 0.6) is 0 Å². The Morgan fingerprint density at radius 2 is 1.86 bits per heavy atom. The fraction of sp³-hybridized carbons (Fsp3) is 0.389. The SMILES string of the molecule is Cc1nc(CN2CCNCC2)ccc1-c1ccccc1CN. The van der Waals surface area contributed by atoms with Gasteiger partial charge in [0.05, 0.1) is 5.69 Å². The van der Waals surface area contributed by atoms with E-state index >= 15 is 0 Å². The molecule has 3 rings (SSSR count). The van der Waals surface area contributed by atoms with Crippen molar-refractivity contribution in [2.24, 2.45) is 5.73 Å². The van der Waals surface area contributed by atoms with Crippen molar-refractivity contribution in [1.82, 2.24) is 15.2 Å². The summed E-state index contributed by atoms with van der Waals surface area (Å²) in [7, 11) is 0. The Labute approximate surface area is 132 Å². The highest BCUT2D eigenvalue weighted by Gasteiger charge is 2.12. The van der Waals surface area contributed by atoms with Gasteiger partial charge in [-0.1, -0.05) is 30.3 Å². The van der Waals surface area contributed by atoms with Crippen molar-refractivity contribution in [1.29, 1.82) is 0 Å². The van der Waals surface area contributed by atoms with E-state index in [9.17, 15) is 0 Å². The third-order valence-corrected chi connectivity index (χ3v) is 4.27. The van der Waals surface area contributed by atoms with Crippen LogP contribution in [-0.2, 0) is 13.1 Å². The number of hydrogen-bond acceptors (Lipinski definition) is 4. The van der Waals surface area contributed by atoms with E-state index in [-0.39, 0.29) is 0 Å². The number of nitrogens with zero attached hydrogens (tertiary/aromatic N) is 2. The molecule has 22 heavy (non-hydrogen) atoms. The van der Waals surface area contributed by atoms with Crippen LogP contribution in [0.2, 0.25) is 0 Å². The maximum Gasteiger partial charge on any atom is 0.0547 e. The highest BCUT2D eigenvalue weighted by molar-refractivity contribution is 5.69. The van der Waals surface area contributed by atoms with Crippen LogP contribution in [-0.4, -0.2) is 36.1 Å². The van der Waals surface area contributed by atoms with E-state index in [1.54, 1.807) is 0 Å². The Kier molecular flexibility index (Phi) is 4.83. The first-order valence-corrected chi connectivity index (χ1v) is 7.96. The van der Waals surface area contributed by atoms with Gasteiger partial charge in [0, 0.05) is 50.5 Å². The third-order valence-electron chi connectivity index (χ3n) is 4.27. The minimum Gasteiger partial charge on any atom is -0.326 e. The van der Waals surface area contributed by atoms with Gasteiger partial charge in [-0.05, 0) is 24.1 Å². The molecule has 3 N–H and O–H groups in total. The molecule has 4 heteroatoms. The van der Waals surface area contributed by atoms with E-state index in [1.165, 1.54) is 16.7 Å². The average Bonchev–Trinajstić information content (AvgIpc) is 2.56. The Morgan fingerprint density at radius 1 is 1.09 bits per heavy atom. The topological polar surface area (TPSA) is 54.2 Å². The van der Waals surface area contributed by atoms with E-state index in [2.05, 4.69) is 47.5 Å². The van der Waals surface area contributed by atoms with Crippen molar-refractivity contribution in [2.45, 2.75) is 20.0 Å². The van der Waals surface area contributed by atoms with Gasteiger partial charge in [0.2, 0.25) is 0 Å². The molecule has 2 aromatic rings. The molecule has 0 unspecified atom stereocenters. The van der Waals surface area contributed by atoms with Crippen LogP contribution in [0.1, 0.15) is 17.0 Å². The van der Waals surface area contributed by atoms with Gasteiger partial charge in [-0.2, -0.15) is 0 Å². The van der Waals surface area contributed by atoms with Crippen LogP contribution in [0.25, 0.3) is 11.1 Å². The van der Waals surface area contributed by atoms with Gasteiger partial charge >= 0.3 is 0 Å². The monoisotopic (exact) mass is 296 g/mol. The van der Waals surface area contributed by atoms with Crippen molar-refractivity contribution in [3.8, 4) is 11.1 Å². The summed E-state index contributed by atoms with van der Waals surface area (Å²) in [6.07, 6.45) is 0. The third kappa shape index (κ3) is 3.35. The molecule has 0 radical (unpaired) electrons. The largest absolute Gasteiger partial charge is 0.326 e. The van der Waals surface area contributed by atoms with Crippen LogP contribution in [0.3, 0.4) is 0 Å². The normalized spacial score (nSPS) is 15.9. The van der Waals surface area contributed by atoms with Gasteiger partial charge in [0.1, 0.15) is 0 Å². The number of benzene rings is 1. The van der Waals surface area contributed by atoms with E-state index in [4.69, 9.17) is 10.7 Å². The van der Waals surface area contributed by atoms with Gasteiger partial charge in [-0.15, -0.1) is 0 Å². The molecule has 0 amide bonds. The summed E-state index contributed by atoms with van der Waals surface area (Å²) in [5.74, 6) is 0. The molecule has 1 aliphatic rings. The second-order valence-corrected chi connectivity index (χ2v) is 5.82. The van der Waals surface area contributed by atoms with Gasteiger partial charge in [0.15, 0.2) is 0 Å². The molecule has 1 aromatic carbocycles. The first-order valence-electron chi connectivity index (χ1n) is 7.96. The predicted molar refractivity (Wildman–Crippen MR) is 90.4 cm³/mol. The number of rotatable bonds is 4. The van der Waals surface area contributed by atoms with Crippen molar-refractivity contribution in [3.05, 3.63) is 53.3 Å². The summed E-state index contributed by atoms with van der Waals surface area (Å²) >= 11 is 0. The average molecular weight is 296 g/mol. The molecule has 1 fully saturated rings. The zero-order valence-corrected chi connectivity index (χ0v) is 13.2. The number of aromatic nitrogens is 1. The number of nitrogens with two attached hydrogens (primary N) is 1. The van der Waals surface area contributed by atoms with Crippen LogP contribution < -0.4 is 11.1 Å². The minimum absolute atomic E-state index is 0.554. The summed E-state index contributed by atoms with van der Waals surface area (Å²) in [5, 5.41) is 3.38. The molecule has 0 aliphatic carbocycles. The molecule has 116 valence electrons. The Hall–Kier alpha value is -1.75. The van der Waals surface area contributed by atoms with E-state index < -0.39 is 0 Å². The zero-order valence-electron chi connectivity index (χ0n) is 13.2. The fourth-order valence-corrected chi connectivity index (χ4v) is 3.05. The maximum absolute atomic E-state index is 5.86. The molecule has 1 aromatic heterocycles. The lowest BCUT2D eigenvalue weighted by molar-refractivity contribution is 0.230. The second-order valence-electron chi connectivity index (χ2n) is 5.82. The maximum atomic E-state index is 5.86. The lowest BCUT2D eigenvalue weighted by Crippen LogP contribution is -2.43. The van der Waals surface area contributed by atoms with Gasteiger partial charge in [0.25, 0.3) is 0 Å². The molecule has 0 bridgehead atoms. The minimum atomic E-state index is 0.554. The van der Waals surface area contributed by atoms with Gasteiger partial charge < -0.3 is 11.1 Å². The predicted octanol–water partition coefficient (Wildman–Crippen LogP) is 1.92. The smallest absolute Gasteiger partial charge is 0.0547 e. The zero-order chi connectivity index (χ0) is 15.4. The van der Waals surface area contributed by atoms with Crippen LogP contribution in [0, 0.1) is 6.92 Å². The Morgan fingerprint density at radius 3 is 2.59 bits per heavy atom. The molecule has 1 aliphatic heterocycles. The number of aryl methyl sites for hydroxylation is 1. The number of nitrogens with one attached hydrogen (secondary N) is 1. The molecule has 0 spiro atoms. The van der Waals surface area contributed by atoms with Crippen LogP contribution in [0.4, 0.5) is 0 Å². The lowest BCUT2D eigenvalue weighted by Gasteiger charge is -2.27. The summed E-state index contributed by atoms with van der Waals surface area (Å²) in [6.45, 7) is 7.90. The Bertz CT molecular complexity index is 633. The Balaban J connectivity index is 1.82. The van der Waals surface area contributed by atoms with Crippen molar-refractivity contribution >= 4 is 0 Å². The van der Waals surface area contributed by atoms with Crippen molar-refractivity contribution < 1.29 is 0 Å².